The van der Waals surface area contributed by atoms with Crippen LogP contribution in [0, 0.1) is 17.7 Å². The summed E-state index contributed by atoms with van der Waals surface area (Å²) >= 11 is 0. The van der Waals surface area contributed by atoms with Crippen molar-refractivity contribution in [1.82, 2.24) is 5.32 Å². The Kier molecular flexibility index (Phi) is 4.75. The maximum Gasteiger partial charge on any atom is 0.254 e. The third kappa shape index (κ3) is 3.71. The van der Waals surface area contributed by atoms with Gasteiger partial charge in [-0.2, -0.15) is 0 Å². The van der Waals surface area contributed by atoms with Crippen LogP contribution in [0.25, 0.3) is 0 Å². The molecular formula is C16H15FN2O2. The lowest BCUT2D eigenvalue weighted by molar-refractivity contribution is 0.0931. The normalized spacial score (nSPS) is 11.4. The van der Waals surface area contributed by atoms with Gasteiger partial charge in [-0.3, -0.25) is 4.79 Å². The predicted molar refractivity (Wildman–Crippen MR) is 76.9 cm³/mol. The smallest absolute Gasteiger partial charge is 0.254 e. The molecular weight excluding hydrogens is 271 g/mol. The van der Waals surface area contributed by atoms with Gasteiger partial charge in [0, 0.05) is 5.56 Å². The first kappa shape index (κ1) is 14.8. The molecule has 0 saturated heterocycles. The quantitative estimate of drug-likeness (QED) is 0.850. The second-order valence-electron chi connectivity index (χ2n) is 4.41. The molecule has 1 amide bonds. The first-order chi connectivity index (χ1) is 10.1. The van der Waals surface area contributed by atoms with Crippen LogP contribution in [0.15, 0.2) is 41.0 Å². The lowest BCUT2D eigenvalue weighted by Gasteiger charge is -2.12. The Morgan fingerprint density at radius 3 is 2.95 bits per heavy atom. The van der Waals surface area contributed by atoms with Crippen LogP contribution in [0.4, 0.5) is 4.39 Å². The van der Waals surface area contributed by atoms with E-state index in [0.717, 1.165) is 0 Å². The summed E-state index contributed by atoms with van der Waals surface area (Å²) in [6.07, 6.45) is 1.52. The maximum atomic E-state index is 13.8. The van der Waals surface area contributed by atoms with Crippen molar-refractivity contribution in [2.45, 2.75) is 13.0 Å². The van der Waals surface area contributed by atoms with Crippen LogP contribution in [0.1, 0.15) is 34.6 Å². The van der Waals surface area contributed by atoms with Gasteiger partial charge in [-0.1, -0.05) is 11.8 Å². The van der Waals surface area contributed by atoms with Gasteiger partial charge < -0.3 is 15.5 Å². The summed E-state index contributed by atoms with van der Waals surface area (Å²) in [5.41, 5.74) is 5.77. The fourth-order valence-electron chi connectivity index (χ4n) is 1.81. The van der Waals surface area contributed by atoms with Crippen molar-refractivity contribution in [3.05, 3.63) is 59.3 Å². The molecule has 0 aliphatic rings. The molecule has 0 fully saturated rings. The molecule has 1 unspecified atom stereocenters. The van der Waals surface area contributed by atoms with E-state index in [-0.39, 0.29) is 18.2 Å². The van der Waals surface area contributed by atoms with E-state index in [2.05, 4.69) is 17.2 Å². The highest BCUT2D eigenvalue weighted by Crippen LogP contribution is 2.15. The van der Waals surface area contributed by atoms with E-state index in [9.17, 15) is 9.18 Å². The molecule has 0 aliphatic carbocycles. The number of benzene rings is 1. The van der Waals surface area contributed by atoms with Crippen molar-refractivity contribution < 1.29 is 13.6 Å². The van der Waals surface area contributed by atoms with Crippen molar-refractivity contribution in [3.63, 3.8) is 0 Å². The number of carbonyl (C=O) groups is 1. The molecule has 5 heteroatoms. The lowest BCUT2D eigenvalue weighted by Crippen LogP contribution is -2.27. The zero-order valence-corrected chi connectivity index (χ0v) is 11.5. The van der Waals surface area contributed by atoms with E-state index in [1.807, 2.05) is 0 Å². The molecule has 21 heavy (non-hydrogen) atoms. The van der Waals surface area contributed by atoms with Gasteiger partial charge in [0.2, 0.25) is 0 Å². The zero-order chi connectivity index (χ0) is 15.2. The van der Waals surface area contributed by atoms with Crippen LogP contribution in [0.3, 0.4) is 0 Å². The van der Waals surface area contributed by atoms with Gasteiger partial charge >= 0.3 is 0 Å². The van der Waals surface area contributed by atoms with Crippen LogP contribution in [0.5, 0.6) is 0 Å². The molecule has 0 saturated carbocycles. The first-order valence-corrected chi connectivity index (χ1v) is 6.44. The number of hydrogen-bond acceptors (Lipinski definition) is 3. The fourth-order valence-corrected chi connectivity index (χ4v) is 1.81. The molecule has 3 N–H and O–H groups in total. The van der Waals surface area contributed by atoms with Crippen LogP contribution in [-0.4, -0.2) is 12.5 Å². The van der Waals surface area contributed by atoms with Crippen molar-refractivity contribution >= 4 is 5.91 Å². The van der Waals surface area contributed by atoms with Gasteiger partial charge in [0.1, 0.15) is 11.6 Å². The number of nitrogens with one attached hydrogen (secondary N) is 1. The predicted octanol–water partition coefficient (Wildman–Crippen LogP) is 2.22. The number of halogens is 1. The molecule has 0 bridgehead atoms. The minimum absolute atomic E-state index is 0.0581. The summed E-state index contributed by atoms with van der Waals surface area (Å²) in [5.74, 6) is 4.91. The van der Waals surface area contributed by atoms with Crippen molar-refractivity contribution in [3.8, 4) is 11.8 Å². The zero-order valence-electron chi connectivity index (χ0n) is 11.5. The fraction of sp³-hybridized carbons (Fsp3) is 0.188. The van der Waals surface area contributed by atoms with Gasteiger partial charge in [0.05, 0.1) is 24.4 Å². The molecule has 108 valence electrons. The largest absolute Gasteiger partial charge is 0.467 e. The summed E-state index contributed by atoms with van der Waals surface area (Å²) in [5, 5.41) is 2.68. The second-order valence-corrected chi connectivity index (χ2v) is 4.41. The highest BCUT2D eigenvalue weighted by molar-refractivity contribution is 5.95. The van der Waals surface area contributed by atoms with Crippen LogP contribution >= 0.6 is 0 Å². The summed E-state index contributed by atoms with van der Waals surface area (Å²) in [4.78, 5) is 12.1. The summed E-state index contributed by atoms with van der Waals surface area (Å²) < 4.78 is 19.0. The molecule has 1 atom stereocenters. The molecule has 0 spiro atoms. The van der Waals surface area contributed by atoms with E-state index < -0.39 is 11.7 Å². The number of carbonyl (C=O) groups excluding carboxylic acids is 1. The van der Waals surface area contributed by atoms with Gasteiger partial charge in [-0.25, -0.2) is 4.39 Å². The Balaban J connectivity index is 2.18. The van der Waals surface area contributed by atoms with Crippen LogP contribution < -0.4 is 11.1 Å². The number of hydrogen-bond donors (Lipinski definition) is 2. The van der Waals surface area contributed by atoms with Crippen molar-refractivity contribution in [1.29, 1.82) is 0 Å². The second kappa shape index (κ2) is 6.73. The van der Waals surface area contributed by atoms with E-state index >= 15 is 0 Å². The lowest BCUT2D eigenvalue weighted by atomic mass is 10.1. The third-order valence-electron chi connectivity index (χ3n) is 2.86. The molecule has 1 heterocycles. The average molecular weight is 286 g/mol. The number of furan rings is 1. The number of rotatable bonds is 3. The number of nitrogens with two attached hydrogens (primary N) is 1. The van der Waals surface area contributed by atoms with E-state index in [1.54, 1.807) is 19.1 Å². The van der Waals surface area contributed by atoms with Gasteiger partial charge in [-0.15, -0.1) is 0 Å². The van der Waals surface area contributed by atoms with Crippen molar-refractivity contribution in [2.75, 3.05) is 6.54 Å². The molecule has 2 aromatic rings. The summed E-state index contributed by atoms with van der Waals surface area (Å²) in [6, 6.07) is 7.23. The standard InChI is InChI=1S/C16H15FN2O2/c1-11(15-5-3-9-21-15)19-16(20)13-10-12(4-2-8-18)6-7-14(13)17/h3,5-7,9-11H,8,18H2,1H3,(H,19,20). The Bertz CT molecular complexity index is 684. The minimum Gasteiger partial charge on any atom is -0.467 e. The topological polar surface area (TPSA) is 68.3 Å². The third-order valence-corrected chi connectivity index (χ3v) is 2.86. The van der Waals surface area contributed by atoms with Gasteiger partial charge in [0.15, 0.2) is 0 Å². The van der Waals surface area contributed by atoms with E-state index in [0.29, 0.717) is 11.3 Å². The SMILES string of the molecule is CC(NC(=O)c1cc(C#CCN)ccc1F)c1ccco1. The Morgan fingerprint density at radius 2 is 2.29 bits per heavy atom. The minimum atomic E-state index is -0.600. The first-order valence-electron chi connectivity index (χ1n) is 6.44. The highest BCUT2D eigenvalue weighted by Gasteiger charge is 2.16. The molecule has 4 nitrogen and oxygen atoms in total. The molecule has 0 radical (unpaired) electrons. The van der Waals surface area contributed by atoms with Crippen LogP contribution in [-0.2, 0) is 0 Å². The molecule has 1 aromatic carbocycles. The Hall–Kier alpha value is -2.58. The van der Waals surface area contributed by atoms with Crippen molar-refractivity contribution in [2.24, 2.45) is 5.73 Å². The van der Waals surface area contributed by atoms with Gasteiger partial charge in [0.25, 0.3) is 5.91 Å². The maximum absolute atomic E-state index is 13.8. The van der Waals surface area contributed by atoms with E-state index in [4.69, 9.17) is 10.2 Å². The van der Waals surface area contributed by atoms with E-state index in [1.165, 1.54) is 24.5 Å². The summed E-state index contributed by atoms with van der Waals surface area (Å²) in [6.45, 7) is 1.96. The molecule has 2 rings (SSSR count). The van der Waals surface area contributed by atoms with Crippen LogP contribution in [0.2, 0.25) is 0 Å². The molecule has 0 aliphatic heterocycles. The number of amides is 1. The molecule has 1 aromatic heterocycles. The highest BCUT2D eigenvalue weighted by atomic mass is 19.1. The van der Waals surface area contributed by atoms with Gasteiger partial charge in [-0.05, 0) is 37.3 Å². The Morgan fingerprint density at radius 1 is 1.48 bits per heavy atom. The Labute approximate surface area is 122 Å². The monoisotopic (exact) mass is 286 g/mol. The average Bonchev–Trinajstić information content (AvgIpc) is 3.00. The summed E-state index contributed by atoms with van der Waals surface area (Å²) in [7, 11) is 0.